The molecular weight excluding hydrogens is 424 g/mol. The topological polar surface area (TPSA) is 145 Å². The van der Waals surface area contributed by atoms with Crippen molar-refractivity contribution in [2.75, 3.05) is 24.6 Å². The predicted octanol–water partition coefficient (Wildman–Crippen LogP) is 5.23. The molecule has 0 fully saturated rings. The molecule has 0 spiro atoms. The molecule has 2 aromatic carbocycles. The maximum Gasteiger partial charge on any atom is 0.302 e. The highest BCUT2D eigenvalue weighted by Gasteiger charge is 2.17. The molecule has 0 heterocycles. The summed E-state index contributed by atoms with van der Waals surface area (Å²) >= 11 is 0. The molecular formula is C23H24N6O4. The summed E-state index contributed by atoms with van der Waals surface area (Å²) in [5.74, 6) is -0.322. The third kappa shape index (κ3) is 6.84. The van der Waals surface area contributed by atoms with Crippen molar-refractivity contribution >= 4 is 28.7 Å². The lowest BCUT2D eigenvalue weighted by Crippen LogP contribution is -2.29. The van der Waals surface area contributed by atoms with Crippen molar-refractivity contribution in [1.82, 2.24) is 0 Å². The first kappa shape index (κ1) is 25.0. The van der Waals surface area contributed by atoms with Crippen LogP contribution in [0.5, 0.6) is 0 Å². The summed E-state index contributed by atoms with van der Waals surface area (Å²) in [7, 11) is 0. The number of nitro benzene ring substituents is 1. The summed E-state index contributed by atoms with van der Waals surface area (Å²) in [6.45, 7) is 6.97. The van der Waals surface area contributed by atoms with Crippen molar-refractivity contribution in [3.8, 4) is 12.1 Å². The Balaban J connectivity index is 2.33. The summed E-state index contributed by atoms with van der Waals surface area (Å²) in [5, 5.41) is 38.0. The minimum Gasteiger partial charge on any atom is -0.464 e. The molecule has 0 aromatic heterocycles. The zero-order valence-corrected chi connectivity index (χ0v) is 18.7. The van der Waals surface area contributed by atoms with Gasteiger partial charge in [0.2, 0.25) is 0 Å². The Morgan fingerprint density at radius 2 is 1.82 bits per heavy atom. The third-order valence-corrected chi connectivity index (χ3v) is 4.80. The Morgan fingerprint density at radius 1 is 1.15 bits per heavy atom. The van der Waals surface area contributed by atoms with Crippen LogP contribution in [0.15, 0.2) is 40.6 Å². The van der Waals surface area contributed by atoms with Crippen molar-refractivity contribution in [1.29, 1.82) is 10.5 Å². The van der Waals surface area contributed by atoms with Gasteiger partial charge in [-0.05, 0) is 37.1 Å². The largest absolute Gasteiger partial charge is 0.464 e. The molecule has 0 saturated carbocycles. The molecule has 10 heteroatoms. The summed E-state index contributed by atoms with van der Waals surface area (Å²) in [6, 6.07) is 11.4. The van der Waals surface area contributed by atoms with E-state index in [0.29, 0.717) is 12.2 Å². The molecule has 0 bridgehead atoms. The van der Waals surface area contributed by atoms with Gasteiger partial charge in [-0.1, -0.05) is 13.3 Å². The Hall–Kier alpha value is -4.31. The van der Waals surface area contributed by atoms with Crippen LogP contribution in [0.1, 0.15) is 43.4 Å². The molecule has 0 unspecified atom stereocenters. The van der Waals surface area contributed by atoms with Crippen molar-refractivity contribution in [2.45, 2.75) is 33.6 Å². The number of unbranched alkanes of at least 4 members (excludes halogenated alkanes) is 1. The predicted molar refractivity (Wildman–Crippen MR) is 122 cm³/mol. The number of carbonyl (C=O) groups is 1. The van der Waals surface area contributed by atoms with Crippen molar-refractivity contribution in [3.63, 3.8) is 0 Å². The van der Waals surface area contributed by atoms with E-state index in [1.54, 1.807) is 6.07 Å². The van der Waals surface area contributed by atoms with Gasteiger partial charge in [-0.3, -0.25) is 14.9 Å². The van der Waals surface area contributed by atoms with Gasteiger partial charge in [0.25, 0.3) is 5.69 Å². The number of ether oxygens (including phenoxy) is 1. The number of hydrogen-bond acceptors (Lipinski definition) is 9. The molecule has 33 heavy (non-hydrogen) atoms. The highest BCUT2D eigenvalue weighted by Crippen LogP contribution is 2.32. The molecule has 2 rings (SSSR count). The fourth-order valence-electron chi connectivity index (χ4n) is 3.07. The first-order valence-electron chi connectivity index (χ1n) is 10.3. The SMILES string of the molecule is CCCCN(CCOC(C)=O)c1ccc(/N=N/c2c(C#N)cc([N+](=O)[O-])cc2C#N)c(C)c1. The van der Waals surface area contributed by atoms with Crippen LogP contribution in [-0.2, 0) is 9.53 Å². The maximum absolute atomic E-state index is 11.1. The highest BCUT2D eigenvalue weighted by atomic mass is 16.6. The number of nitro groups is 1. The summed E-state index contributed by atoms with van der Waals surface area (Å²) in [4.78, 5) is 23.6. The fraction of sp³-hybridized carbons (Fsp3) is 0.348. The number of non-ortho nitro benzene ring substituents is 1. The highest BCUT2D eigenvalue weighted by molar-refractivity contribution is 5.67. The minimum atomic E-state index is -0.669. The van der Waals surface area contributed by atoms with Crippen LogP contribution in [-0.4, -0.2) is 30.6 Å². The fourth-order valence-corrected chi connectivity index (χ4v) is 3.07. The smallest absolute Gasteiger partial charge is 0.302 e. The number of esters is 1. The lowest BCUT2D eigenvalue weighted by Gasteiger charge is -2.25. The van der Waals surface area contributed by atoms with Crippen LogP contribution in [0.4, 0.5) is 22.7 Å². The normalized spacial score (nSPS) is 10.5. The number of azo groups is 1. The maximum atomic E-state index is 11.1. The van der Waals surface area contributed by atoms with Gasteiger partial charge >= 0.3 is 5.97 Å². The van der Waals surface area contributed by atoms with Gasteiger partial charge in [-0.25, -0.2) is 0 Å². The quantitative estimate of drug-likeness (QED) is 0.209. The minimum absolute atomic E-state index is 0.0139. The van der Waals surface area contributed by atoms with Gasteiger partial charge < -0.3 is 9.64 Å². The summed E-state index contributed by atoms with van der Waals surface area (Å²) in [6.07, 6.45) is 2.00. The molecule has 0 saturated heterocycles. The number of nitrogens with zero attached hydrogens (tertiary/aromatic N) is 6. The summed E-state index contributed by atoms with van der Waals surface area (Å²) in [5.41, 5.74) is 1.70. The number of rotatable bonds is 10. The van der Waals surface area contributed by atoms with Crippen LogP contribution in [0, 0.1) is 39.7 Å². The zero-order chi connectivity index (χ0) is 24.4. The number of nitriles is 2. The van der Waals surface area contributed by atoms with Crippen LogP contribution in [0.2, 0.25) is 0 Å². The van der Waals surface area contributed by atoms with Gasteiger partial charge in [0, 0.05) is 31.3 Å². The van der Waals surface area contributed by atoms with E-state index in [2.05, 4.69) is 22.1 Å². The van der Waals surface area contributed by atoms with E-state index in [1.165, 1.54) is 6.92 Å². The van der Waals surface area contributed by atoms with Crippen LogP contribution in [0.25, 0.3) is 0 Å². The molecule has 2 aromatic rings. The van der Waals surface area contributed by atoms with E-state index < -0.39 is 4.92 Å². The number of anilines is 1. The van der Waals surface area contributed by atoms with E-state index >= 15 is 0 Å². The number of carbonyl (C=O) groups excluding carboxylic acids is 1. The van der Waals surface area contributed by atoms with Gasteiger partial charge in [-0.2, -0.15) is 15.6 Å². The molecule has 170 valence electrons. The molecule has 0 N–H and O–H groups in total. The first-order valence-corrected chi connectivity index (χ1v) is 10.3. The van der Waals surface area contributed by atoms with Gasteiger partial charge in [0.05, 0.1) is 28.3 Å². The Kier molecular flexibility index (Phi) is 9.01. The second kappa shape index (κ2) is 11.9. The molecule has 0 aliphatic heterocycles. The molecule has 0 atom stereocenters. The Labute approximate surface area is 191 Å². The number of aryl methyl sites for hydroxylation is 1. The third-order valence-electron chi connectivity index (χ3n) is 4.80. The van der Waals surface area contributed by atoms with Crippen LogP contribution >= 0.6 is 0 Å². The average molecular weight is 448 g/mol. The van der Waals surface area contributed by atoms with E-state index in [9.17, 15) is 25.4 Å². The number of hydrogen-bond donors (Lipinski definition) is 0. The van der Waals surface area contributed by atoms with Crippen molar-refractivity contribution in [3.05, 3.63) is 57.1 Å². The summed E-state index contributed by atoms with van der Waals surface area (Å²) < 4.78 is 5.07. The second-order valence-electron chi connectivity index (χ2n) is 7.22. The molecule has 0 radical (unpaired) electrons. The molecule has 10 nitrogen and oxygen atoms in total. The lowest BCUT2D eigenvalue weighted by atomic mass is 10.1. The van der Waals surface area contributed by atoms with E-state index in [1.807, 2.05) is 31.2 Å². The Morgan fingerprint density at radius 3 is 2.33 bits per heavy atom. The standard InChI is InChI=1S/C23H24N6O4/c1-4-5-8-28(9-10-33-17(3)30)20-6-7-22(16(2)11-20)26-27-23-18(14-24)12-21(29(31)32)13-19(23)15-25/h6-7,11-13H,4-5,8-10H2,1-3H3/b27-26+. The van der Waals surface area contributed by atoms with Crippen molar-refractivity contribution < 1.29 is 14.5 Å². The van der Waals surface area contributed by atoms with E-state index in [-0.39, 0.29) is 35.1 Å². The van der Waals surface area contributed by atoms with Crippen LogP contribution < -0.4 is 4.90 Å². The Bertz CT molecular complexity index is 1110. The monoisotopic (exact) mass is 448 g/mol. The lowest BCUT2D eigenvalue weighted by molar-refractivity contribution is -0.384. The average Bonchev–Trinajstić information content (AvgIpc) is 2.79. The zero-order valence-electron chi connectivity index (χ0n) is 18.7. The molecule has 0 aliphatic carbocycles. The van der Waals surface area contributed by atoms with Gasteiger partial charge in [0.1, 0.15) is 24.4 Å². The number of benzene rings is 2. The first-order chi connectivity index (χ1) is 15.8. The van der Waals surface area contributed by atoms with Gasteiger partial charge in [0.15, 0.2) is 0 Å². The van der Waals surface area contributed by atoms with Crippen molar-refractivity contribution in [2.24, 2.45) is 10.2 Å². The van der Waals surface area contributed by atoms with Crippen LogP contribution in [0.3, 0.4) is 0 Å². The van der Waals surface area contributed by atoms with Gasteiger partial charge in [-0.15, -0.1) is 5.11 Å². The second-order valence-corrected chi connectivity index (χ2v) is 7.22. The molecule has 0 amide bonds. The van der Waals surface area contributed by atoms with E-state index in [4.69, 9.17) is 4.74 Å². The molecule has 0 aliphatic rings. The van der Waals surface area contributed by atoms with E-state index in [0.717, 1.165) is 42.8 Å².